The van der Waals surface area contributed by atoms with E-state index in [4.69, 9.17) is 11.5 Å². The average Bonchev–Trinajstić information content (AvgIpc) is 2.34. The molecule has 17 heavy (non-hydrogen) atoms. The molecule has 0 bridgehead atoms. The summed E-state index contributed by atoms with van der Waals surface area (Å²) in [5.41, 5.74) is 10.9. The van der Waals surface area contributed by atoms with Gasteiger partial charge in [0.15, 0.2) is 0 Å². The van der Waals surface area contributed by atoms with Gasteiger partial charge in [-0.2, -0.15) is 0 Å². The van der Waals surface area contributed by atoms with Crippen molar-refractivity contribution < 1.29 is 0 Å². The fraction of sp³-hybridized carbons (Fsp3) is 1.00. The first kappa shape index (κ1) is 16.8. The van der Waals surface area contributed by atoms with E-state index in [0.29, 0.717) is 6.04 Å². The van der Waals surface area contributed by atoms with E-state index < -0.39 is 0 Å². The molecule has 0 aromatic rings. The maximum Gasteiger partial charge on any atom is 0.0192 e. The maximum atomic E-state index is 5.48. The minimum atomic E-state index is 0.558. The lowest BCUT2D eigenvalue weighted by Crippen LogP contribution is -2.39. The van der Waals surface area contributed by atoms with Crippen LogP contribution >= 0.6 is 0 Å². The lowest BCUT2D eigenvalue weighted by atomic mass is 10.1. The molecule has 0 radical (unpaired) electrons. The van der Waals surface area contributed by atoms with Crippen molar-refractivity contribution in [3.63, 3.8) is 0 Å². The van der Waals surface area contributed by atoms with E-state index in [-0.39, 0.29) is 0 Å². The van der Waals surface area contributed by atoms with Gasteiger partial charge in [0, 0.05) is 12.6 Å². The van der Waals surface area contributed by atoms with Crippen molar-refractivity contribution in [2.24, 2.45) is 11.5 Å². The third-order valence-electron chi connectivity index (χ3n) is 2.73. The van der Waals surface area contributed by atoms with Crippen molar-refractivity contribution in [2.45, 2.75) is 31.7 Å². The summed E-state index contributed by atoms with van der Waals surface area (Å²) in [5.74, 6) is 0. The molecule has 0 fully saturated rings. The summed E-state index contributed by atoms with van der Waals surface area (Å²) in [4.78, 5) is 0. The zero-order chi connectivity index (χ0) is 12.8. The lowest BCUT2D eigenvalue weighted by molar-refractivity contribution is 0.441. The van der Waals surface area contributed by atoms with E-state index in [1.807, 2.05) is 7.05 Å². The van der Waals surface area contributed by atoms with Crippen LogP contribution in [0.5, 0.6) is 0 Å². The predicted octanol–water partition coefficient (Wildman–Crippen LogP) is -0.769. The van der Waals surface area contributed by atoms with E-state index in [0.717, 1.165) is 52.1 Å². The van der Waals surface area contributed by atoms with Crippen LogP contribution in [0.2, 0.25) is 0 Å². The van der Waals surface area contributed by atoms with Gasteiger partial charge in [0.2, 0.25) is 0 Å². The molecule has 0 aromatic heterocycles. The van der Waals surface area contributed by atoms with Gasteiger partial charge in [-0.05, 0) is 65.5 Å². The van der Waals surface area contributed by atoms with Gasteiger partial charge in [0.05, 0.1) is 0 Å². The number of nitrogens with one attached hydrogen (secondary N) is 3. The molecular formula is C12H31N5. The van der Waals surface area contributed by atoms with Crippen LogP contribution < -0.4 is 27.4 Å². The van der Waals surface area contributed by atoms with Crippen LogP contribution in [0, 0.1) is 0 Å². The largest absolute Gasteiger partial charge is 0.330 e. The standard InChI is InChI=1S/C12H31N5/c1-15-11-12(17-10-4-7-14)5-2-8-16-9-3-6-13/h12,15-17H,2-11,13-14H2,1H3. The summed E-state index contributed by atoms with van der Waals surface area (Å²) in [6, 6.07) is 0.558. The second-order valence-corrected chi connectivity index (χ2v) is 4.39. The summed E-state index contributed by atoms with van der Waals surface area (Å²) in [6.45, 7) is 5.69. The normalized spacial score (nSPS) is 12.9. The first-order valence-corrected chi connectivity index (χ1v) is 6.84. The Balaban J connectivity index is 3.41. The first-order chi connectivity index (χ1) is 8.35. The van der Waals surface area contributed by atoms with E-state index in [9.17, 15) is 0 Å². The first-order valence-electron chi connectivity index (χ1n) is 6.84. The van der Waals surface area contributed by atoms with Gasteiger partial charge in [-0.1, -0.05) is 0 Å². The van der Waals surface area contributed by atoms with Gasteiger partial charge in [-0.25, -0.2) is 0 Å². The van der Waals surface area contributed by atoms with E-state index >= 15 is 0 Å². The maximum absolute atomic E-state index is 5.48. The molecule has 0 amide bonds. The molecule has 7 N–H and O–H groups in total. The Morgan fingerprint density at radius 3 is 2.24 bits per heavy atom. The lowest BCUT2D eigenvalue weighted by Gasteiger charge is -2.18. The fourth-order valence-corrected chi connectivity index (χ4v) is 1.76. The van der Waals surface area contributed by atoms with Gasteiger partial charge >= 0.3 is 0 Å². The SMILES string of the molecule is CNCC(CCCNCCCN)NCCCN. The molecule has 0 aliphatic carbocycles. The average molecular weight is 245 g/mol. The van der Waals surface area contributed by atoms with Crippen LogP contribution in [-0.2, 0) is 0 Å². The third kappa shape index (κ3) is 12.1. The van der Waals surface area contributed by atoms with Gasteiger partial charge in [0.1, 0.15) is 0 Å². The topological polar surface area (TPSA) is 88.1 Å². The molecule has 0 aromatic carbocycles. The van der Waals surface area contributed by atoms with Crippen molar-refractivity contribution in [1.29, 1.82) is 0 Å². The van der Waals surface area contributed by atoms with Crippen molar-refractivity contribution in [3.05, 3.63) is 0 Å². The zero-order valence-electron chi connectivity index (χ0n) is 11.3. The molecular weight excluding hydrogens is 214 g/mol. The van der Waals surface area contributed by atoms with Crippen molar-refractivity contribution in [3.8, 4) is 0 Å². The number of hydrogen-bond acceptors (Lipinski definition) is 5. The van der Waals surface area contributed by atoms with Crippen molar-refractivity contribution >= 4 is 0 Å². The zero-order valence-corrected chi connectivity index (χ0v) is 11.3. The summed E-state index contributed by atoms with van der Waals surface area (Å²) < 4.78 is 0. The van der Waals surface area contributed by atoms with Gasteiger partial charge in [0.25, 0.3) is 0 Å². The molecule has 5 nitrogen and oxygen atoms in total. The second kappa shape index (κ2) is 13.9. The molecule has 0 rings (SSSR count). The Bertz CT molecular complexity index is 143. The molecule has 0 saturated carbocycles. The number of likely N-dealkylation sites (N-methyl/N-ethyl adjacent to an activating group) is 1. The number of rotatable bonds is 13. The molecule has 0 saturated heterocycles. The Hall–Kier alpha value is -0.200. The molecule has 0 aliphatic heterocycles. The highest BCUT2D eigenvalue weighted by molar-refractivity contribution is 4.69. The van der Waals surface area contributed by atoms with Gasteiger partial charge < -0.3 is 27.4 Å². The summed E-state index contributed by atoms with van der Waals surface area (Å²) in [5, 5.41) is 10.2. The van der Waals surface area contributed by atoms with Gasteiger partial charge in [-0.15, -0.1) is 0 Å². The third-order valence-corrected chi connectivity index (χ3v) is 2.73. The second-order valence-electron chi connectivity index (χ2n) is 4.39. The Kier molecular flexibility index (Phi) is 13.7. The molecule has 1 unspecified atom stereocenters. The molecule has 1 atom stereocenters. The minimum Gasteiger partial charge on any atom is -0.330 e. The van der Waals surface area contributed by atoms with Crippen LogP contribution in [0.25, 0.3) is 0 Å². The van der Waals surface area contributed by atoms with Crippen molar-refractivity contribution in [2.75, 3.05) is 46.3 Å². The monoisotopic (exact) mass is 245 g/mol. The van der Waals surface area contributed by atoms with E-state index in [1.54, 1.807) is 0 Å². The summed E-state index contributed by atoms with van der Waals surface area (Å²) >= 11 is 0. The molecule has 0 heterocycles. The smallest absolute Gasteiger partial charge is 0.0192 e. The molecule has 104 valence electrons. The Morgan fingerprint density at radius 2 is 1.59 bits per heavy atom. The highest BCUT2D eigenvalue weighted by Gasteiger charge is 2.05. The van der Waals surface area contributed by atoms with Crippen LogP contribution in [0.3, 0.4) is 0 Å². The van der Waals surface area contributed by atoms with Gasteiger partial charge in [-0.3, -0.25) is 0 Å². The Morgan fingerprint density at radius 1 is 0.941 bits per heavy atom. The van der Waals surface area contributed by atoms with E-state index in [1.165, 1.54) is 12.8 Å². The summed E-state index contributed by atoms with van der Waals surface area (Å²) in [7, 11) is 2.00. The van der Waals surface area contributed by atoms with Crippen LogP contribution in [-0.4, -0.2) is 52.4 Å². The minimum absolute atomic E-state index is 0.558. The fourth-order valence-electron chi connectivity index (χ4n) is 1.76. The number of hydrogen-bond donors (Lipinski definition) is 5. The predicted molar refractivity (Wildman–Crippen MR) is 75.2 cm³/mol. The molecule has 0 aliphatic rings. The molecule has 0 spiro atoms. The van der Waals surface area contributed by atoms with Crippen molar-refractivity contribution in [1.82, 2.24) is 16.0 Å². The van der Waals surface area contributed by atoms with E-state index in [2.05, 4.69) is 16.0 Å². The molecule has 5 heteroatoms. The quantitative estimate of drug-likeness (QED) is 0.275. The Labute approximate surface area is 106 Å². The van der Waals surface area contributed by atoms with Crippen LogP contribution in [0.4, 0.5) is 0 Å². The van der Waals surface area contributed by atoms with Crippen LogP contribution in [0.1, 0.15) is 25.7 Å². The highest BCUT2D eigenvalue weighted by atomic mass is 15.0. The summed E-state index contributed by atoms with van der Waals surface area (Å²) in [6.07, 6.45) is 4.51. The highest BCUT2D eigenvalue weighted by Crippen LogP contribution is 1.95. The number of nitrogens with two attached hydrogens (primary N) is 2. The van der Waals surface area contributed by atoms with Crippen LogP contribution in [0.15, 0.2) is 0 Å².